The average Bonchev–Trinajstić information content (AvgIpc) is 2.79. The maximum atomic E-state index is 12.3. The number of aromatic amines is 1. The summed E-state index contributed by atoms with van der Waals surface area (Å²) in [5, 5.41) is 0. The molecule has 0 unspecified atom stereocenters. The number of ether oxygens (including phenoxy) is 1. The number of nitrogens with one attached hydrogen (secondary N) is 3. The first kappa shape index (κ1) is 17.5. The molecule has 2 rings (SSSR count). The van der Waals surface area contributed by atoms with Gasteiger partial charge >= 0.3 is 5.97 Å². The van der Waals surface area contributed by atoms with Gasteiger partial charge in [-0.25, -0.2) is 14.8 Å². The van der Waals surface area contributed by atoms with Gasteiger partial charge in [-0.3, -0.25) is 15.6 Å². The Morgan fingerprint density at radius 2 is 1.79 bits per heavy atom. The minimum atomic E-state index is -0.451. The van der Waals surface area contributed by atoms with Gasteiger partial charge in [-0.15, -0.1) is 0 Å². The van der Waals surface area contributed by atoms with Crippen molar-refractivity contribution in [2.45, 2.75) is 34.6 Å². The highest BCUT2D eigenvalue weighted by Crippen LogP contribution is 2.19. The van der Waals surface area contributed by atoms with E-state index in [0.29, 0.717) is 22.8 Å². The molecule has 0 radical (unpaired) electrons. The smallest absolute Gasteiger partial charge is 0.340 e. The molecule has 0 aromatic carbocycles. The fourth-order valence-electron chi connectivity index (χ4n) is 2.44. The second kappa shape index (κ2) is 7.12. The molecule has 2 aromatic heterocycles. The molecule has 0 aliphatic heterocycles. The van der Waals surface area contributed by atoms with Crippen LogP contribution in [0, 0.1) is 27.7 Å². The summed E-state index contributed by atoms with van der Waals surface area (Å²) < 4.78 is 5.01. The average molecular weight is 331 g/mol. The normalized spacial score (nSPS) is 10.4. The molecule has 0 fully saturated rings. The van der Waals surface area contributed by atoms with Crippen molar-refractivity contribution < 1.29 is 14.3 Å². The molecule has 0 aliphatic carbocycles. The zero-order valence-corrected chi connectivity index (χ0v) is 14.4. The third-order valence-corrected chi connectivity index (χ3v) is 3.41. The van der Waals surface area contributed by atoms with Crippen molar-refractivity contribution in [3.05, 3.63) is 40.0 Å². The molecular formula is C16H21N5O3. The van der Waals surface area contributed by atoms with E-state index in [4.69, 9.17) is 4.74 Å². The van der Waals surface area contributed by atoms with Crippen molar-refractivity contribution >= 4 is 17.8 Å². The SMILES string of the molecule is CCOC(=O)c1c(C)[nH]c(C(=O)NNc2nc(C)cc(C)n2)c1C. The lowest BCUT2D eigenvalue weighted by Crippen LogP contribution is -2.31. The molecule has 0 saturated heterocycles. The number of H-pyrrole nitrogens is 1. The van der Waals surface area contributed by atoms with E-state index in [-0.39, 0.29) is 12.3 Å². The quantitative estimate of drug-likeness (QED) is 0.571. The van der Waals surface area contributed by atoms with Crippen LogP contribution in [-0.2, 0) is 4.74 Å². The van der Waals surface area contributed by atoms with Crippen LogP contribution in [-0.4, -0.2) is 33.4 Å². The predicted octanol–water partition coefficient (Wildman–Crippen LogP) is 1.97. The van der Waals surface area contributed by atoms with Crippen LogP contribution >= 0.6 is 0 Å². The number of carbonyl (C=O) groups is 2. The fraction of sp³-hybridized carbons (Fsp3) is 0.375. The van der Waals surface area contributed by atoms with Crippen LogP contribution in [0.15, 0.2) is 6.07 Å². The van der Waals surface area contributed by atoms with Crippen LogP contribution in [0.25, 0.3) is 0 Å². The number of nitrogens with zero attached hydrogens (tertiary/aromatic N) is 2. The summed E-state index contributed by atoms with van der Waals surface area (Å²) in [5.41, 5.74) is 8.56. The van der Waals surface area contributed by atoms with Gasteiger partial charge in [0.1, 0.15) is 5.69 Å². The molecule has 24 heavy (non-hydrogen) atoms. The van der Waals surface area contributed by atoms with Crippen molar-refractivity contribution in [1.82, 2.24) is 20.4 Å². The summed E-state index contributed by atoms with van der Waals surface area (Å²) in [6.45, 7) is 9.10. The van der Waals surface area contributed by atoms with Gasteiger partial charge in [-0.05, 0) is 46.2 Å². The van der Waals surface area contributed by atoms with Crippen molar-refractivity contribution in [3.8, 4) is 0 Å². The molecule has 2 heterocycles. The number of esters is 1. The molecule has 3 N–H and O–H groups in total. The molecule has 8 heteroatoms. The summed E-state index contributed by atoms with van der Waals surface area (Å²) >= 11 is 0. The third kappa shape index (κ3) is 3.70. The molecule has 0 saturated carbocycles. The van der Waals surface area contributed by atoms with Gasteiger partial charge in [0, 0.05) is 17.1 Å². The Kier molecular flexibility index (Phi) is 5.18. The Morgan fingerprint density at radius 3 is 2.38 bits per heavy atom. The third-order valence-electron chi connectivity index (χ3n) is 3.41. The van der Waals surface area contributed by atoms with Gasteiger partial charge in [0.15, 0.2) is 0 Å². The van der Waals surface area contributed by atoms with E-state index in [9.17, 15) is 9.59 Å². The number of hydrazine groups is 1. The van der Waals surface area contributed by atoms with Crippen LogP contribution in [0.3, 0.4) is 0 Å². The Labute approximate surface area is 140 Å². The van der Waals surface area contributed by atoms with E-state index < -0.39 is 11.9 Å². The van der Waals surface area contributed by atoms with Gasteiger partial charge < -0.3 is 9.72 Å². The van der Waals surface area contributed by atoms with Gasteiger partial charge in [-0.1, -0.05) is 0 Å². The number of amides is 1. The van der Waals surface area contributed by atoms with E-state index >= 15 is 0 Å². The molecule has 8 nitrogen and oxygen atoms in total. The first-order valence-corrected chi connectivity index (χ1v) is 7.58. The molecular weight excluding hydrogens is 310 g/mol. The number of carbonyl (C=O) groups excluding carboxylic acids is 2. The molecule has 0 spiro atoms. The number of aryl methyl sites for hydroxylation is 3. The standard InChI is InChI=1S/C16H21N5O3/c1-6-24-15(23)12-10(4)13(19-11(12)5)14(22)20-21-16-17-8(2)7-9(3)18-16/h7,19H,6H2,1-5H3,(H,20,22)(H,17,18,21). The van der Waals surface area contributed by atoms with Gasteiger partial charge in [0.2, 0.25) is 5.95 Å². The molecule has 0 bridgehead atoms. The summed E-state index contributed by atoms with van der Waals surface area (Å²) in [4.78, 5) is 35.6. The molecule has 2 aromatic rings. The minimum absolute atomic E-state index is 0.274. The van der Waals surface area contributed by atoms with Crippen LogP contribution in [0.4, 0.5) is 5.95 Å². The van der Waals surface area contributed by atoms with Gasteiger partial charge in [0.25, 0.3) is 5.91 Å². The van der Waals surface area contributed by atoms with E-state index in [1.165, 1.54) is 0 Å². The number of rotatable bonds is 5. The minimum Gasteiger partial charge on any atom is -0.462 e. The summed E-state index contributed by atoms with van der Waals surface area (Å²) in [7, 11) is 0. The number of hydrogen-bond donors (Lipinski definition) is 3. The predicted molar refractivity (Wildman–Crippen MR) is 88.8 cm³/mol. The zero-order valence-electron chi connectivity index (χ0n) is 14.4. The van der Waals surface area contributed by atoms with E-state index in [0.717, 1.165) is 11.4 Å². The monoisotopic (exact) mass is 331 g/mol. The lowest BCUT2D eigenvalue weighted by molar-refractivity contribution is 0.0525. The first-order valence-electron chi connectivity index (χ1n) is 7.58. The van der Waals surface area contributed by atoms with Crippen LogP contribution in [0.1, 0.15) is 50.4 Å². The summed E-state index contributed by atoms with van der Waals surface area (Å²) in [6, 6.07) is 1.83. The first-order chi connectivity index (χ1) is 11.3. The maximum absolute atomic E-state index is 12.3. The van der Waals surface area contributed by atoms with Crippen LogP contribution in [0.5, 0.6) is 0 Å². The van der Waals surface area contributed by atoms with Crippen molar-refractivity contribution in [2.24, 2.45) is 0 Å². The van der Waals surface area contributed by atoms with Gasteiger partial charge in [0.05, 0.1) is 12.2 Å². The van der Waals surface area contributed by atoms with Crippen molar-refractivity contribution in [2.75, 3.05) is 12.0 Å². The molecule has 1 amide bonds. The lowest BCUT2D eigenvalue weighted by atomic mass is 10.1. The fourth-order valence-corrected chi connectivity index (χ4v) is 2.44. The highest BCUT2D eigenvalue weighted by molar-refractivity contribution is 6.00. The summed E-state index contributed by atoms with van der Waals surface area (Å²) in [5.74, 6) is -0.574. The molecule has 0 atom stereocenters. The number of anilines is 1. The number of aromatic nitrogens is 3. The van der Waals surface area contributed by atoms with E-state index in [1.54, 1.807) is 20.8 Å². The lowest BCUT2D eigenvalue weighted by Gasteiger charge is -2.08. The van der Waals surface area contributed by atoms with Crippen molar-refractivity contribution in [1.29, 1.82) is 0 Å². The Balaban J connectivity index is 2.15. The van der Waals surface area contributed by atoms with Crippen LogP contribution in [0.2, 0.25) is 0 Å². The highest BCUT2D eigenvalue weighted by Gasteiger charge is 2.22. The summed E-state index contributed by atoms with van der Waals surface area (Å²) in [6.07, 6.45) is 0. The Hall–Kier alpha value is -2.90. The second-order valence-corrected chi connectivity index (χ2v) is 5.40. The van der Waals surface area contributed by atoms with Gasteiger partial charge in [-0.2, -0.15) is 0 Å². The van der Waals surface area contributed by atoms with Crippen molar-refractivity contribution in [3.63, 3.8) is 0 Å². The second-order valence-electron chi connectivity index (χ2n) is 5.40. The topological polar surface area (TPSA) is 109 Å². The maximum Gasteiger partial charge on any atom is 0.340 e. The largest absolute Gasteiger partial charge is 0.462 e. The van der Waals surface area contributed by atoms with E-state index in [2.05, 4.69) is 25.8 Å². The van der Waals surface area contributed by atoms with E-state index in [1.807, 2.05) is 19.9 Å². The van der Waals surface area contributed by atoms with Crippen LogP contribution < -0.4 is 10.9 Å². The zero-order chi connectivity index (χ0) is 17.9. The number of hydrogen-bond acceptors (Lipinski definition) is 6. The highest BCUT2D eigenvalue weighted by atomic mass is 16.5. The molecule has 0 aliphatic rings. The molecule has 128 valence electrons. The Morgan fingerprint density at radius 1 is 1.17 bits per heavy atom. The Bertz CT molecular complexity index is 762.